The molecule has 0 unspecified atom stereocenters. The van der Waals surface area contributed by atoms with E-state index in [2.05, 4.69) is 9.88 Å². The Morgan fingerprint density at radius 1 is 0.971 bits per heavy atom. The average molecular weight is 515 g/mol. The van der Waals surface area contributed by atoms with Crippen LogP contribution in [0.15, 0.2) is 47.4 Å². The average Bonchev–Trinajstić information content (AvgIpc) is 3.36. The smallest absolute Gasteiger partial charge is 0.262 e. The zero-order valence-electron chi connectivity index (χ0n) is 19.7. The molecule has 0 spiro atoms. The number of rotatable bonds is 9. The Balaban J connectivity index is 1.68. The predicted molar refractivity (Wildman–Crippen MR) is 135 cm³/mol. The van der Waals surface area contributed by atoms with Gasteiger partial charge in [0.15, 0.2) is 15.0 Å². The number of carbonyl (C=O) groups is 3. The molecule has 0 saturated carbocycles. The SMILES string of the molecule is CCN(CC)CCN(C(=O)CN1C(=O)c2ccccc2C1=O)c1nc2c(S(C)(=O)=O)cccc2s1. The molecule has 2 aromatic carbocycles. The number of nitrogens with zero attached hydrogens (tertiary/aromatic N) is 4. The number of fused-ring (bicyclic) bond motifs is 2. The first-order valence-corrected chi connectivity index (χ1v) is 13.9. The van der Waals surface area contributed by atoms with Crippen LogP contribution < -0.4 is 4.90 Å². The highest BCUT2D eigenvalue weighted by Gasteiger charge is 2.37. The van der Waals surface area contributed by atoms with Crippen molar-refractivity contribution in [2.75, 3.05) is 43.9 Å². The van der Waals surface area contributed by atoms with Gasteiger partial charge in [-0.1, -0.05) is 43.4 Å². The molecule has 35 heavy (non-hydrogen) atoms. The van der Waals surface area contributed by atoms with Gasteiger partial charge in [0.1, 0.15) is 12.1 Å². The first kappa shape index (κ1) is 25.0. The van der Waals surface area contributed by atoms with Crippen LogP contribution in [0.3, 0.4) is 0 Å². The van der Waals surface area contributed by atoms with Crippen molar-refractivity contribution in [3.05, 3.63) is 53.6 Å². The van der Waals surface area contributed by atoms with Crippen molar-refractivity contribution in [2.45, 2.75) is 18.7 Å². The Hall–Kier alpha value is -3.15. The number of sulfone groups is 1. The van der Waals surface area contributed by atoms with Crippen molar-refractivity contribution in [3.8, 4) is 0 Å². The number of benzene rings is 2. The summed E-state index contributed by atoms with van der Waals surface area (Å²) in [5, 5.41) is 0.324. The Labute approximate surface area is 207 Å². The minimum atomic E-state index is -3.52. The second-order valence-electron chi connectivity index (χ2n) is 8.19. The van der Waals surface area contributed by atoms with E-state index < -0.39 is 34.1 Å². The second-order valence-corrected chi connectivity index (χ2v) is 11.2. The minimum absolute atomic E-state index is 0.0917. The van der Waals surface area contributed by atoms with Crippen LogP contribution in [0.5, 0.6) is 0 Å². The number of thiazole rings is 1. The summed E-state index contributed by atoms with van der Waals surface area (Å²) in [5.74, 6) is -1.48. The molecule has 0 atom stereocenters. The number of hydrogen-bond donors (Lipinski definition) is 0. The molecule has 0 saturated heterocycles. The molecule has 0 N–H and O–H groups in total. The van der Waals surface area contributed by atoms with Crippen LogP contribution in [0, 0.1) is 0 Å². The maximum Gasteiger partial charge on any atom is 0.262 e. The molecule has 184 valence electrons. The summed E-state index contributed by atoms with van der Waals surface area (Å²) in [7, 11) is -3.52. The predicted octanol–water partition coefficient (Wildman–Crippen LogP) is 2.67. The standard InChI is InChI=1S/C24H26N4O5S2/c1-4-26(5-2)13-14-27(24-25-21-18(34-24)11-8-12-19(21)35(3,32)33)20(29)15-28-22(30)16-9-6-7-10-17(16)23(28)31/h6-12H,4-5,13-15H2,1-3H3. The number of anilines is 1. The lowest BCUT2D eigenvalue weighted by Gasteiger charge is -2.26. The van der Waals surface area contributed by atoms with Crippen LogP contribution in [-0.4, -0.2) is 79.9 Å². The molecule has 1 aliphatic rings. The van der Waals surface area contributed by atoms with Gasteiger partial charge in [-0.2, -0.15) is 0 Å². The first-order valence-electron chi connectivity index (χ1n) is 11.2. The number of likely N-dealkylation sites (N-methyl/N-ethyl adjacent to an activating group) is 1. The van der Waals surface area contributed by atoms with Gasteiger partial charge in [0.25, 0.3) is 11.8 Å². The van der Waals surface area contributed by atoms with Gasteiger partial charge in [-0.15, -0.1) is 0 Å². The molecule has 0 radical (unpaired) electrons. The van der Waals surface area contributed by atoms with Crippen LogP contribution >= 0.6 is 11.3 Å². The highest BCUT2D eigenvalue weighted by Crippen LogP contribution is 2.33. The van der Waals surface area contributed by atoms with E-state index in [1.165, 1.54) is 22.3 Å². The van der Waals surface area contributed by atoms with Crippen LogP contribution in [0.1, 0.15) is 34.6 Å². The summed E-state index contributed by atoms with van der Waals surface area (Å²) in [4.78, 5) is 48.2. The van der Waals surface area contributed by atoms with Crippen LogP contribution in [0.25, 0.3) is 10.2 Å². The molecular weight excluding hydrogens is 488 g/mol. The summed E-state index contributed by atoms with van der Waals surface area (Å²) in [6.45, 7) is 6.01. The van der Waals surface area contributed by atoms with Crippen molar-refractivity contribution < 1.29 is 22.8 Å². The van der Waals surface area contributed by atoms with Gasteiger partial charge in [0, 0.05) is 19.3 Å². The molecule has 11 heteroatoms. The highest BCUT2D eigenvalue weighted by atomic mass is 32.2. The minimum Gasteiger partial charge on any atom is -0.302 e. The van der Waals surface area contributed by atoms with Crippen LogP contribution in [0.4, 0.5) is 5.13 Å². The first-order chi connectivity index (χ1) is 16.7. The van der Waals surface area contributed by atoms with Crippen molar-refractivity contribution in [2.24, 2.45) is 0 Å². The molecule has 1 aliphatic heterocycles. The maximum atomic E-state index is 13.5. The molecule has 3 amide bonds. The molecule has 2 heterocycles. The number of carbonyl (C=O) groups excluding carboxylic acids is 3. The molecule has 4 rings (SSSR count). The highest BCUT2D eigenvalue weighted by molar-refractivity contribution is 7.91. The Bertz CT molecular complexity index is 1380. The molecular formula is C24H26N4O5S2. The Morgan fingerprint density at radius 2 is 1.60 bits per heavy atom. The van der Waals surface area contributed by atoms with Crippen molar-refractivity contribution >= 4 is 54.2 Å². The fourth-order valence-electron chi connectivity index (χ4n) is 4.04. The molecule has 0 bridgehead atoms. The number of amides is 3. The Kier molecular flexibility index (Phi) is 7.02. The summed E-state index contributed by atoms with van der Waals surface area (Å²) in [5.41, 5.74) is 0.854. The summed E-state index contributed by atoms with van der Waals surface area (Å²) in [6, 6.07) is 11.4. The van der Waals surface area contributed by atoms with E-state index in [-0.39, 0.29) is 22.6 Å². The maximum absolute atomic E-state index is 13.5. The zero-order chi connectivity index (χ0) is 25.3. The lowest BCUT2D eigenvalue weighted by Crippen LogP contribution is -2.45. The third-order valence-corrected chi connectivity index (χ3v) is 8.18. The van der Waals surface area contributed by atoms with E-state index in [4.69, 9.17) is 0 Å². The lowest BCUT2D eigenvalue weighted by atomic mass is 10.1. The normalized spacial score (nSPS) is 13.7. The number of aromatic nitrogens is 1. The largest absolute Gasteiger partial charge is 0.302 e. The van der Waals surface area contributed by atoms with Crippen molar-refractivity contribution in [3.63, 3.8) is 0 Å². The topological polar surface area (TPSA) is 108 Å². The fraction of sp³-hybridized carbons (Fsp3) is 0.333. The lowest BCUT2D eigenvalue weighted by molar-refractivity contribution is -0.119. The van der Waals surface area contributed by atoms with Crippen molar-refractivity contribution in [1.82, 2.24) is 14.8 Å². The van der Waals surface area contributed by atoms with E-state index in [1.54, 1.807) is 36.4 Å². The monoisotopic (exact) mass is 514 g/mol. The molecule has 1 aromatic heterocycles. The third-order valence-electron chi connectivity index (χ3n) is 6.01. The van der Waals surface area contributed by atoms with Gasteiger partial charge in [0.2, 0.25) is 5.91 Å². The van der Waals surface area contributed by atoms with E-state index in [9.17, 15) is 22.8 Å². The van der Waals surface area contributed by atoms with Gasteiger partial charge >= 0.3 is 0 Å². The number of para-hydroxylation sites is 1. The van der Waals surface area contributed by atoms with Crippen molar-refractivity contribution in [1.29, 1.82) is 0 Å². The molecule has 3 aromatic rings. The van der Waals surface area contributed by atoms with Crippen LogP contribution in [0.2, 0.25) is 0 Å². The van der Waals surface area contributed by atoms with Crippen LogP contribution in [-0.2, 0) is 14.6 Å². The van der Waals surface area contributed by atoms with Gasteiger partial charge < -0.3 is 4.90 Å². The fourth-order valence-corrected chi connectivity index (χ4v) is 5.97. The van der Waals surface area contributed by atoms with E-state index >= 15 is 0 Å². The van der Waals surface area contributed by atoms with E-state index in [1.807, 2.05) is 13.8 Å². The molecule has 0 aliphatic carbocycles. The summed E-state index contributed by atoms with van der Waals surface area (Å²) in [6.07, 6.45) is 1.12. The third kappa shape index (κ3) is 4.84. The number of hydrogen-bond acceptors (Lipinski definition) is 8. The van der Waals surface area contributed by atoms with E-state index in [0.29, 0.717) is 21.9 Å². The summed E-state index contributed by atoms with van der Waals surface area (Å²) >= 11 is 1.20. The quantitative estimate of drug-likeness (QED) is 0.404. The van der Waals surface area contributed by atoms with Gasteiger partial charge in [-0.3, -0.25) is 24.2 Å². The van der Waals surface area contributed by atoms with Gasteiger partial charge in [0.05, 0.1) is 20.7 Å². The Morgan fingerprint density at radius 3 is 2.17 bits per heavy atom. The van der Waals surface area contributed by atoms with E-state index in [0.717, 1.165) is 24.2 Å². The molecule has 9 nitrogen and oxygen atoms in total. The number of imide groups is 1. The zero-order valence-corrected chi connectivity index (χ0v) is 21.4. The van der Waals surface area contributed by atoms with Gasteiger partial charge in [-0.25, -0.2) is 13.4 Å². The molecule has 0 fully saturated rings. The van der Waals surface area contributed by atoms with Gasteiger partial charge in [-0.05, 0) is 37.4 Å². The second kappa shape index (κ2) is 9.84. The summed E-state index contributed by atoms with van der Waals surface area (Å²) < 4.78 is 25.1.